The molecule has 24 heavy (non-hydrogen) atoms. The maximum atomic E-state index is 12.1. The second-order valence-electron chi connectivity index (χ2n) is 5.57. The molecule has 2 N–H and O–H groups in total. The molecule has 1 aromatic heterocycles. The number of halogens is 3. The van der Waals surface area contributed by atoms with Crippen molar-refractivity contribution in [3.63, 3.8) is 0 Å². The van der Waals surface area contributed by atoms with Crippen molar-refractivity contribution >= 4 is 6.03 Å². The molecule has 2 rings (SSSR count). The van der Waals surface area contributed by atoms with Gasteiger partial charge in [0.25, 0.3) is 0 Å². The van der Waals surface area contributed by atoms with Gasteiger partial charge in [-0.15, -0.1) is 0 Å². The standard InChI is InChI=1S/C15H20F3N3O3/c1-10(12-3-2-6-23-12)21-14(22)20-8-11-4-5-19-13(7-11)24-9-15(16,17)18/h4-5,7,10,12H,2-3,6,8-9H2,1H3,(H2,20,21,22)/t10-,12-/m1/s1. The first-order valence-corrected chi connectivity index (χ1v) is 7.64. The summed E-state index contributed by atoms with van der Waals surface area (Å²) in [6.07, 6.45) is -1.19. The van der Waals surface area contributed by atoms with E-state index in [0.717, 1.165) is 12.8 Å². The van der Waals surface area contributed by atoms with Gasteiger partial charge in [-0.2, -0.15) is 13.2 Å². The predicted octanol–water partition coefficient (Wildman–Crippen LogP) is 2.39. The third-order valence-electron chi connectivity index (χ3n) is 3.52. The Kier molecular flexibility index (Phi) is 6.24. The van der Waals surface area contributed by atoms with Crippen LogP contribution in [0.3, 0.4) is 0 Å². The number of ether oxygens (including phenoxy) is 2. The van der Waals surface area contributed by atoms with Crippen LogP contribution in [0.2, 0.25) is 0 Å². The van der Waals surface area contributed by atoms with E-state index < -0.39 is 12.8 Å². The third kappa shape index (κ3) is 6.23. The zero-order valence-corrected chi connectivity index (χ0v) is 13.2. The van der Waals surface area contributed by atoms with Crippen LogP contribution >= 0.6 is 0 Å². The number of carbonyl (C=O) groups excluding carboxylic acids is 1. The largest absolute Gasteiger partial charge is 0.468 e. The van der Waals surface area contributed by atoms with Gasteiger partial charge in [0, 0.05) is 25.4 Å². The van der Waals surface area contributed by atoms with Gasteiger partial charge < -0.3 is 20.1 Å². The summed E-state index contributed by atoms with van der Waals surface area (Å²) >= 11 is 0. The number of rotatable bonds is 6. The number of nitrogens with one attached hydrogen (secondary N) is 2. The molecule has 2 amide bonds. The molecule has 1 fully saturated rings. The Morgan fingerprint density at radius 2 is 2.33 bits per heavy atom. The summed E-state index contributed by atoms with van der Waals surface area (Å²) in [5.41, 5.74) is 0.585. The van der Waals surface area contributed by atoms with E-state index in [1.54, 1.807) is 6.07 Å². The number of pyridine rings is 1. The van der Waals surface area contributed by atoms with E-state index >= 15 is 0 Å². The number of hydrogen-bond donors (Lipinski definition) is 2. The number of urea groups is 1. The van der Waals surface area contributed by atoms with Gasteiger partial charge >= 0.3 is 12.2 Å². The first-order valence-electron chi connectivity index (χ1n) is 7.64. The van der Waals surface area contributed by atoms with Crippen LogP contribution in [0.25, 0.3) is 0 Å². The van der Waals surface area contributed by atoms with Crippen molar-refractivity contribution in [2.45, 2.75) is 44.6 Å². The molecule has 1 saturated heterocycles. The predicted molar refractivity (Wildman–Crippen MR) is 79.6 cm³/mol. The van der Waals surface area contributed by atoms with Crippen LogP contribution in [0.1, 0.15) is 25.3 Å². The van der Waals surface area contributed by atoms with E-state index in [2.05, 4.69) is 20.4 Å². The molecule has 6 nitrogen and oxygen atoms in total. The fraction of sp³-hybridized carbons (Fsp3) is 0.600. The number of alkyl halides is 3. The van der Waals surface area contributed by atoms with Crippen molar-refractivity contribution in [2.24, 2.45) is 0 Å². The molecule has 2 atom stereocenters. The minimum atomic E-state index is -4.42. The molecule has 1 aliphatic heterocycles. The molecule has 0 unspecified atom stereocenters. The molecule has 9 heteroatoms. The molecule has 0 radical (unpaired) electrons. The van der Waals surface area contributed by atoms with Crippen LogP contribution in [-0.2, 0) is 11.3 Å². The highest BCUT2D eigenvalue weighted by Gasteiger charge is 2.28. The van der Waals surface area contributed by atoms with Crippen LogP contribution < -0.4 is 15.4 Å². The summed E-state index contributed by atoms with van der Waals surface area (Å²) < 4.78 is 46.4. The highest BCUT2D eigenvalue weighted by atomic mass is 19.4. The van der Waals surface area contributed by atoms with Gasteiger partial charge in [-0.1, -0.05) is 0 Å². The lowest BCUT2D eigenvalue weighted by atomic mass is 10.1. The Labute approximate surface area is 137 Å². The van der Waals surface area contributed by atoms with Gasteiger partial charge in [-0.05, 0) is 31.4 Å². The van der Waals surface area contributed by atoms with Crippen molar-refractivity contribution in [3.05, 3.63) is 23.9 Å². The molecule has 2 heterocycles. The molecule has 0 saturated carbocycles. The second kappa shape index (κ2) is 8.18. The summed E-state index contributed by atoms with van der Waals surface area (Å²) in [6, 6.07) is 2.46. The van der Waals surface area contributed by atoms with Crippen molar-refractivity contribution in [1.82, 2.24) is 15.6 Å². The molecule has 0 spiro atoms. The van der Waals surface area contributed by atoms with Crippen LogP contribution in [0.5, 0.6) is 5.88 Å². The zero-order chi connectivity index (χ0) is 17.6. The third-order valence-corrected chi connectivity index (χ3v) is 3.52. The van der Waals surface area contributed by atoms with Gasteiger partial charge in [-0.25, -0.2) is 9.78 Å². The van der Waals surface area contributed by atoms with E-state index in [1.807, 2.05) is 6.92 Å². The first kappa shape index (κ1) is 18.3. The lowest BCUT2D eigenvalue weighted by Crippen LogP contribution is -2.45. The summed E-state index contributed by atoms with van der Waals surface area (Å²) in [7, 11) is 0. The molecule has 0 aromatic carbocycles. The highest BCUT2D eigenvalue weighted by Crippen LogP contribution is 2.18. The minimum Gasteiger partial charge on any atom is -0.468 e. The molecular weight excluding hydrogens is 327 g/mol. The number of carbonyl (C=O) groups is 1. The van der Waals surface area contributed by atoms with Crippen molar-refractivity contribution < 1.29 is 27.4 Å². The number of amides is 2. The van der Waals surface area contributed by atoms with Crippen molar-refractivity contribution in [3.8, 4) is 5.88 Å². The van der Waals surface area contributed by atoms with E-state index in [-0.39, 0.29) is 30.6 Å². The SMILES string of the molecule is C[C@@H](NC(=O)NCc1ccnc(OCC(F)(F)F)c1)[C@H]1CCCO1. The lowest BCUT2D eigenvalue weighted by molar-refractivity contribution is -0.154. The van der Waals surface area contributed by atoms with E-state index in [1.165, 1.54) is 12.3 Å². The monoisotopic (exact) mass is 347 g/mol. The normalized spacial score (nSPS) is 18.9. The Morgan fingerprint density at radius 1 is 1.54 bits per heavy atom. The first-order chi connectivity index (χ1) is 11.3. The van der Waals surface area contributed by atoms with Gasteiger partial charge in [-0.3, -0.25) is 0 Å². The number of hydrogen-bond acceptors (Lipinski definition) is 4. The lowest BCUT2D eigenvalue weighted by Gasteiger charge is -2.20. The van der Waals surface area contributed by atoms with E-state index in [0.29, 0.717) is 12.2 Å². The fourth-order valence-corrected chi connectivity index (χ4v) is 2.33. The quantitative estimate of drug-likeness (QED) is 0.829. The Bertz CT molecular complexity index is 548. The van der Waals surface area contributed by atoms with Crippen molar-refractivity contribution in [2.75, 3.05) is 13.2 Å². The summed E-state index contributed by atoms with van der Waals surface area (Å²) in [5.74, 6) is -0.139. The smallest absolute Gasteiger partial charge is 0.422 e. The molecule has 1 aromatic rings. The second-order valence-corrected chi connectivity index (χ2v) is 5.57. The summed E-state index contributed by atoms with van der Waals surface area (Å²) in [6.45, 7) is 1.31. The van der Waals surface area contributed by atoms with Gasteiger partial charge in [0.1, 0.15) is 0 Å². The van der Waals surface area contributed by atoms with Crippen LogP contribution in [0.15, 0.2) is 18.3 Å². The van der Waals surface area contributed by atoms with Crippen LogP contribution in [0.4, 0.5) is 18.0 Å². The molecule has 134 valence electrons. The summed E-state index contributed by atoms with van der Waals surface area (Å²) in [5, 5.41) is 5.42. The van der Waals surface area contributed by atoms with Crippen LogP contribution in [-0.4, -0.2) is 42.6 Å². The topological polar surface area (TPSA) is 72.5 Å². The summed E-state index contributed by atoms with van der Waals surface area (Å²) in [4.78, 5) is 15.6. The molecule has 1 aliphatic rings. The Balaban J connectivity index is 1.77. The number of nitrogens with zero attached hydrogens (tertiary/aromatic N) is 1. The van der Waals surface area contributed by atoms with Gasteiger partial charge in [0.2, 0.25) is 5.88 Å². The average Bonchev–Trinajstić information content (AvgIpc) is 3.05. The van der Waals surface area contributed by atoms with E-state index in [9.17, 15) is 18.0 Å². The zero-order valence-electron chi connectivity index (χ0n) is 13.2. The fourth-order valence-electron chi connectivity index (χ4n) is 2.33. The number of aromatic nitrogens is 1. The van der Waals surface area contributed by atoms with Gasteiger partial charge in [0.05, 0.1) is 12.1 Å². The van der Waals surface area contributed by atoms with E-state index in [4.69, 9.17) is 4.74 Å². The molecule has 0 aliphatic carbocycles. The Morgan fingerprint density at radius 3 is 3.00 bits per heavy atom. The highest BCUT2D eigenvalue weighted by molar-refractivity contribution is 5.74. The maximum absolute atomic E-state index is 12.1. The minimum absolute atomic E-state index is 0.0130. The molecule has 0 bridgehead atoms. The maximum Gasteiger partial charge on any atom is 0.422 e. The van der Waals surface area contributed by atoms with Crippen LogP contribution in [0, 0.1) is 0 Å². The Hall–Kier alpha value is -2.03. The van der Waals surface area contributed by atoms with Gasteiger partial charge in [0.15, 0.2) is 6.61 Å². The average molecular weight is 347 g/mol. The molecular formula is C15H20F3N3O3. The van der Waals surface area contributed by atoms with Crippen molar-refractivity contribution in [1.29, 1.82) is 0 Å².